The molecule has 0 aliphatic carbocycles. The number of alkyl halides is 3. The zero-order valence-electron chi connectivity index (χ0n) is 15.7. The van der Waals surface area contributed by atoms with Crippen LogP contribution in [0.2, 0.25) is 0 Å². The summed E-state index contributed by atoms with van der Waals surface area (Å²) in [4.78, 5) is 2.54. The van der Waals surface area contributed by atoms with Crippen molar-refractivity contribution in [2.24, 2.45) is 11.8 Å². The number of piperidine rings is 1. The molecule has 0 bridgehead atoms. The second-order valence-corrected chi connectivity index (χ2v) is 7.94. The van der Waals surface area contributed by atoms with Crippen LogP contribution in [0.15, 0.2) is 12.1 Å². The van der Waals surface area contributed by atoms with E-state index in [1.807, 2.05) is 6.07 Å². The average Bonchev–Trinajstić information content (AvgIpc) is 2.57. The Morgan fingerprint density at radius 3 is 2.62 bits per heavy atom. The molecule has 146 valence electrons. The van der Waals surface area contributed by atoms with Gasteiger partial charge in [0.25, 0.3) is 0 Å². The molecule has 2 aliphatic heterocycles. The molecule has 26 heavy (non-hydrogen) atoms. The summed E-state index contributed by atoms with van der Waals surface area (Å²) in [6.45, 7) is 5.30. The molecule has 0 saturated carbocycles. The Labute approximate surface area is 153 Å². The molecule has 2 atom stereocenters. The molecular formula is C20H28F3NO2. The van der Waals surface area contributed by atoms with E-state index in [9.17, 15) is 13.2 Å². The maximum Gasteiger partial charge on any atom is 0.422 e. The Morgan fingerprint density at radius 2 is 1.96 bits per heavy atom. The molecule has 2 unspecified atom stereocenters. The van der Waals surface area contributed by atoms with Crippen LogP contribution in [-0.2, 0) is 6.42 Å². The lowest BCUT2D eigenvalue weighted by Crippen LogP contribution is -2.42. The standard InChI is InChI=1S/C20H28F3NO2/c1-13(2)8-14-4-5-17-16-10-18(25-3)19(26-12-20(21,22)23)9-15(16)6-7-24(17)11-14/h9-10,13-14,17H,4-8,11-12H2,1-3H3. The fourth-order valence-electron chi connectivity index (χ4n) is 4.43. The van der Waals surface area contributed by atoms with Gasteiger partial charge in [-0.3, -0.25) is 4.90 Å². The highest BCUT2D eigenvalue weighted by atomic mass is 19.4. The van der Waals surface area contributed by atoms with Crippen molar-refractivity contribution in [1.29, 1.82) is 0 Å². The van der Waals surface area contributed by atoms with Crippen LogP contribution in [0.3, 0.4) is 0 Å². The van der Waals surface area contributed by atoms with Crippen molar-refractivity contribution in [2.45, 2.75) is 51.7 Å². The van der Waals surface area contributed by atoms with Gasteiger partial charge in [0.2, 0.25) is 0 Å². The summed E-state index contributed by atoms with van der Waals surface area (Å²) in [5.41, 5.74) is 2.28. The van der Waals surface area contributed by atoms with Gasteiger partial charge in [-0.25, -0.2) is 0 Å². The van der Waals surface area contributed by atoms with Crippen molar-refractivity contribution < 1.29 is 22.6 Å². The minimum Gasteiger partial charge on any atom is -0.493 e. The third-order valence-corrected chi connectivity index (χ3v) is 5.43. The van der Waals surface area contributed by atoms with Crippen LogP contribution in [0.4, 0.5) is 13.2 Å². The molecule has 1 fully saturated rings. The van der Waals surface area contributed by atoms with Crippen LogP contribution in [0.1, 0.15) is 50.3 Å². The summed E-state index contributed by atoms with van der Waals surface area (Å²) in [6.07, 6.45) is 0.0342. The van der Waals surface area contributed by atoms with Gasteiger partial charge in [0.1, 0.15) is 0 Å². The summed E-state index contributed by atoms with van der Waals surface area (Å²) in [5, 5.41) is 0. The quantitative estimate of drug-likeness (QED) is 0.728. The number of benzene rings is 1. The molecule has 3 nitrogen and oxygen atoms in total. The number of hydrogen-bond acceptors (Lipinski definition) is 3. The van der Waals surface area contributed by atoms with E-state index in [2.05, 4.69) is 18.7 Å². The molecule has 0 radical (unpaired) electrons. The van der Waals surface area contributed by atoms with E-state index in [0.717, 1.165) is 37.4 Å². The zero-order valence-corrected chi connectivity index (χ0v) is 15.7. The van der Waals surface area contributed by atoms with Gasteiger partial charge in [-0.15, -0.1) is 0 Å². The van der Waals surface area contributed by atoms with E-state index in [1.54, 1.807) is 6.07 Å². The largest absolute Gasteiger partial charge is 0.493 e. The summed E-state index contributed by atoms with van der Waals surface area (Å²) in [7, 11) is 1.47. The molecule has 2 aliphatic rings. The molecule has 0 aromatic heterocycles. The van der Waals surface area contributed by atoms with E-state index < -0.39 is 12.8 Å². The maximum absolute atomic E-state index is 12.5. The van der Waals surface area contributed by atoms with Crippen LogP contribution >= 0.6 is 0 Å². The molecule has 3 rings (SSSR count). The third kappa shape index (κ3) is 4.45. The Kier molecular flexibility index (Phi) is 5.70. The highest BCUT2D eigenvalue weighted by Gasteiger charge is 2.35. The molecule has 1 saturated heterocycles. The predicted octanol–water partition coefficient (Wildman–Crippen LogP) is 4.99. The molecule has 0 spiro atoms. The van der Waals surface area contributed by atoms with E-state index in [-0.39, 0.29) is 5.75 Å². The first-order valence-corrected chi connectivity index (χ1v) is 9.41. The first kappa shape index (κ1) is 19.3. The normalized spacial score (nSPS) is 23.5. The van der Waals surface area contributed by atoms with Gasteiger partial charge in [-0.05, 0) is 60.8 Å². The molecule has 0 N–H and O–H groups in total. The average molecular weight is 371 g/mol. The fourth-order valence-corrected chi connectivity index (χ4v) is 4.43. The number of rotatable bonds is 5. The van der Waals surface area contributed by atoms with Crippen LogP contribution in [0.5, 0.6) is 11.5 Å². The lowest BCUT2D eigenvalue weighted by molar-refractivity contribution is -0.153. The smallest absolute Gasteiger partial charge is 0.422 e. The number of halogens is 3. The summed E-state index contributed by atoms with van der Waals surface area (Å²) in [5.74, 6) is 2.02. The lowest BCUT2D eigenvalue weighted by atomic mass is 9.81. The van der Waals surface area contributed by atoms with Crippen molar-refractivity contribution in [3.8, 4) is 11.5 Å². The Balaban J connectivity index is 1.78. The van der Waals surface area contributed by atoms with Gasteiger partial charge in [-0.1, -0.05) is 13.8 Å². The van der Waals surface area contributed by atoms with Gasteiger partial charge >= 0.3 is 6.18 Å². The highest BCUT2D eigenvalue weighted by molar-refractivity contribution is 5.49. The molecule has 1 aromatic carbocycles. The Morgan fingerprint density at radius 1 is 1.19 bits per heavy atom. The van der Waals surface area contributed by atoms with E-state index >= 15 is 0 Å². The lowest BCUT2D eigenvalue weighted by Gasteiger charge is -2.44. The Hall–Kier alpha value is -1.43. The van der Waals surface area contributed by atoms with Crippen LogP contribution in [0.25, 0.3) is 0 Å². The van der Waals surface area contributed by atoms with Gasteiger partial charge in [-0.2, -0.15) is 13.2 Å². The predicted molar refractivity (Wildman–Crippen MR) is 94.7 cm³/mol. The number of fused-ring (bicyclic) bond motifs is 3. The van der Waals surface area contributed by atoms with E-state index in [4.69, 9.17) is 9.47 Å². The van der Waals surface area contributed by atoms with E-state index in [1.165, 1.54) is 25.5 Å². The molecule has 2 heterocycles. The maximum atomic E-state index is 12.5. The molecule has 0 amide bonds. The summed E-state index contributed by atoms with van der Waals surface area (Å²) in [6, 6.07) is 3.98. The summed E-state index contributed by atoms with van der Waals surface area (Å²) >= 11 is 0. The van der Waals surface area contributed by atoms with Crippen molar-refractivity contribution in [3.63, 3.8) is 0 Å². The topological polar surface area (TPSA) is 21.7 Å². The second kappa shape index (κ2) is 7.67. The summed E-state index contributed by atoms with van der Waals surface area (Å²) < 4.78 is 47.8. The molecule has 6 heteroatoms. The first-order valence-electron chi connectivity index (χ1n) is 9.41. The zero-order chi connectivity index (χ0) is 18.9. The third-order valence-electron chi connectivity index (χ3n) is 5.43. The van der Waals surface area contributed by atoms with Crippen LogP contribution < -0.4 is 9.47 Å². The first-order chi connectivity index (χ1) is 12.3. The fraction of sp³-hybridized carbons (Fsp3) is 0.700. The minimum atomic E-state index is -4.35. The Bertz CT molecular complexity index is 630. The number of nitrogens with zero attached hydrogens (tertiary/aromatic N) is 1. The van der Waals surface area contributed by atoms with Crippen molar-refractivity contribution >= 4 is 0 Å². The minimum absolute atomic E-state index is 0.186. The SMILES string of the molecule is COc1cc2c(cc1OCC(F)(F)F)CCN1CC(CC(C)C)CCC21. The second-order valence-electron chi connectivity index (χ2n) is 7.94. The van der Waals surface area contributed by atoms with Crippen molar-refractivity contribution in [3.05, 3.63) is 23.3 Å². The van der Waals surface area contributed by atoms with E-state index in [0.29, 0.717) is 17.7 Å². The molecular weight excluding hydrogens is 343 g/mol. The van der Waals surface area contributed by atoms with Gasteiger partial charge in [0.05, 0.1) is 7.11 Å². The number of hydrogen-bond donors (Lipinski definition) is 0. The number of ether oxygens (including phenoxy) is 2. The monoisotopic (exact) mass is 371 g/mol. The highest BCUT2D eigenvalue weighted by Crippen LogP contribution is 2.43. The van der Waals surface area contributed by atoms with Crippen LogP contribution in [0, 0.1) is 11.8 Å². The molecule has 1 aromatic rings. The van der Waals surface area contributed by atoms with Crippen molar-refractivity contribution in [1.82, 2.24) is 4.90 Å². The van der Waals surface area contributed by atoms with Gasteiger partial charge < -0.3 is 9.47 Å². The van der Waals surface area contributed by atoms with Gasteiger partial charge in [0, 0.05) is 19.1 Å². The van der Waals surface area contributed by atoms with Gasteiger partial charge in [0.15, 0.2) is 18.1 Å². The number of methoxy groups -OCH3 is 1. The van der Waals surface area contributed by atoms with Crippen molar-refractivity contribution in [2.75, 3.05) is 26.8 Å². The van der Waals surface area contributed by atoms with Crippen LogP contribution in [-0.4, -0.2) is 37.9 Å².